The Balaban J connectivity index is 1.87. The SMILES string of the molecule is [C-]#[N+]c1c(N)ncnc1N[C@@H](C)c1cc2ncc(Cl)n2nc1-c1cc(F)cc(F)c1. The number of anilines is 2. The molecule has 0 unspecified atom stereocenters. The van der Waals surface area contributed by atoms with Crippen molar-refractivity contribution in [2.24, 2.45) is 0 Å². The number of benzene rings is 1. The van der Waals surface area contributed by atoms with E-state index >= 15 is 0 Å². The zero-order valence-corrected chi connectivity index (χ0v) is 16.2. The van der Waals surface area contributed by atoms with Crippen molar-refractivity contribution < 1.29 is 8.78 Å². The fraction of sp³-hybridized carbons (Fsp3) is 0.105. The van der Waals surface area contributed by atoms with Gasteiger partial charge in [-0.15, -0.1) is 0 Å². The van der Waals surface area contributed by atoms with Gasteiger partial charge < -0.3 is 11.1 Å². The minimum atomic E-state index is -0.742. The number of nitrogens with two attached hydrogens (primary N) is 1. The summed E-state index contributed by atoms with van der Waals surface area (Å²) in [6, 6.07) is 4.32. The summed E-state index contributed by atoms with van der Waals surface area (Å²) in [6.07, 6.45) is 2.65. The summed E-state index contributed by atoms with van der Waals surface area (Å²) in [4.78, 5) is 15.4. The van der Waals surface area contributed by atoms with Gasteiger partial charge in [0, 0.05) is 17.2 Å². The van der Waals surface area contributed by atoms with Crippen LogP contribution in [-0.2, 0) is 0 Å². The second kappa shape index (κ2) is 7.53. The molecule has 3 heterocycles. The van der Waals surface area contributed by atoms with Crippen molar-refractivity contribution in [3.63, 3.8) is 0 Å². The molecule has 4 aromatic rings. The zero-order chi connectivity index (χ0) is 21.4. The number of nitrogens with zero attached hydrogens (tertiary/aromatic N) is 6. The van der Waals surface area contributed by atoms with Gasteiger partial charge >= 0.3 is 0 Å². The molecule has 3 N–H and O–H groups in total. The van der Waals surface area contributed by atoms with Gasteiger partial charge in [-0.05, 0) is 25.1 Å². The average Bonchev–Trinajstić information content (AvgIpc) is 3.06. The van der Waals surface area contributed by atoms with Gasteiger partial charge in [0.25, 0.3) is 5.69 Å². The van der Waals surface area contributed by atoms with Gasteiger partial charge in [0.15, 0.2) is 10.8 Å². The first kappa shape index (κ1) is 19.5. The first-order valence-electron chi connectivity index (χ1n) is 8.62. The third kappa shape index (κ3) is 3.46. The van der Waals surface area contributed by atoms with Gasteiger partial charge in [-0.2, -0.15) is 5.10 Å². The van der Waals surface area contributed by atoms with Crippen molar-refractivity contribution >= 4 is 34.6 Å². The molecular weight excluding hydrogens is 414 g/mol. The van der Waals surface area contributed by atoms with E-state index in [1.807, 2.05) is 0 Å². The van der Waals surface area contributed by atoms with Crippen LogP contribution < -0.4 is 11.1 Å². The molecule has 0 amide bonds. The Labute approximate surface area is 174 Å². The Morgan fingerprint density at radius 1 is 1.17 bits per heavy atom. The molecule has 0 aliphatic carbocycles. The van der Waals surface area contributed by atoms with E-state index in [4.69, 9.17) is 23.9 Å². The Kier molecular flexibility index (Phi) is 4.89. The molecule has 0 bridgehead atoms. The van der Waals surface area contributed by atoms with Crippen molar-refractivity contribution in [3.05, 3.63) is 70.6 Å². The Morgan fingerprint density at radius 3 is 2.60 bits per heavy atom. The lowest BCUT2D eigenvalue weighted by Crippen LogP contribution is -2.12. The van der Waals surface area contributed by atoms with E-state index in [0.29, 0.717) is 11.2 Å². The fourth-order valence-electron chi connectivity index (χ4n) is 3.04. The molecule has 1 aromatic carbocycles. The van der Waals surface area contributed by atoms with Crippen molar-refractivity contribution in [1.29, 1.82) is 0 Å². The normalized spacial score (nSPS) is 12.0. The smallest absolute Gasteiger partial charge is 0.268 e. The molecule has 0 saturated heterocycles. The van der Waals surface area contributed by atoms with Crippen LogP contribution in [-0.4, -0.2) is 24.6 Å². The lowest BCUT2D eigenvalue weighted by molar-refractivity contribution is 0.584. The molecular formula is C19H13ClF2N8. The molecule has 8 nitrogen and oxygen atoms in total. The highest BCUT2D eigenvalue weighted by molar-refractivity contribution is 6.29. The van der Waals surface area contributed by atoms with E-state index in [-0.39, 0.29) is 33.7 Å². The second-order valence-electron chi connectivity index (χ2n) is 6.39. The summed E-state index contributed by atoms with van der Waals surface area (Å²) < 4.78 is 29.1. The van der Waals surface area contributed by atoms with Crippen molar-refractivity contribution in [2.75, 3.05) is 11.1 Å². The Hall–Kier alpha value is -3.84. The number of hydrogen-bond acceptors (Lipinski definition) is 6. The van der Waals surface area contributed by atoms with E-state index in [1.165, 1.54) is 29.2 Å². The van der Waals surface area contributed by atoms with Gasteiger partial charge in [-0.25, -0.2) is 33.1 Å². The van der Waals surface area contributed by atoms with Gasteiger partial charge in [0.1, 0.15) is 29.6 Å². The molecule has 0 radical (unpaired) electrons. The second-order valence-corrected chi connectivity index (χ2v) is 6.78. The molecule has 0 aliphatic rings. The summed E-state index contributed by atoms with van der Waals surface area (Å²) in [5.41, 5.74) is 7.32. The summed E-state index contributed by atoms with van der Waals surface area (Å²) in [6.45, 7) is 9.09. The monoisotopic (exact) mass is 426 g/mol. The highest BCUT2D eigenvalue weighted by Gasteiger charge is 2.20. The van der Waals surface area contributed by atoms with Crippen molar-refractivity contribution in [3.8, 4) is 11.3 Å². The first-order valence-corrected chi connectivity index (χ1v) is 9.00. The van der Waals surface area contributed by atoms with E-state index in [2.05, 4.69) is 30.2 Å². The highest BCUT2D eigenvalue weighted by atomic mass is 35.5. The minimum Gasteiger partial charge on any atom is -0.392 e. The maximum absolute atomic E-state index is 13.9. The third-order valence-electron chi connectivity index (χ3n) is 4.40. The van der Waals surface area contributed by atoms with E-state index in [9.17, 15) is 8.78 Å². The molecule has 0 saturated carbocycles. The van der Waals surface area contributed by atoms with E-state index < -0.39 is 17.7 Å². The number of hydrogen-bond donors (Lipinski definition) is 2. The standard InChI is InChI=1S/C19H13ClF2N8/c1-9(28-19-17(24-2)18(23)26-8-27-19)13-6-15-25-7-14(20)30(15)29-16(13)10-3-11(21)5-12(22)4-10/h3-9H,1H3,(H3,23,26,27,28)/t9-/m0/s1. The first-order chi connectivity index (χ1) is 14.4. The maximum atomic E-state index is 13.9. The molecule has 150 valence electrons. The number of rotatable bonds is 4. The lowest BCUT2D eigenvalue weighted by Gasteiger charge is -2.19. The van der Waals surface area contributed by atoms with Gasteiger partial charge in [0.05, 0.1) is 24.5 Å². The largest absolute Gasteiger partial charge is 0.392 e. The number of nitrogen functional groups attached to an aromatic ring is 1. The quantitative estimate of drug-likeness (QED) is 0.468. The predicted molar refractivity (Wildman–Crippen MR) is 108 cm³/mol. The fourth-order valence-corrected chi connectivity index (χ4v) is 3.21. The highest BCUT2D eigenvalue weighted by Crippen LogP contribution is 2.34. The molecule has 4 rings (SSSR count). The number of nitrogens with one attached hydrogen (secondary N) is 1. The average molecular weight is 427 g/mol. The van der Waals surface area contributed by atoms with Gasteiger partial charge in [0.2, 0.25) is 0 Å². The lowest BCUT2D eigenvalue weighted by atomic mass is 10.0. The number of imidazole rings is 1. The third-order valence-corrected chi connectivity index (χ3v) is 4.66. The van der Waals surface area contributed by atoms with Crippen molar-refractivity contribution in [2.45, 2.75) is 13.0 Å². The number of aromatic nitrogens is 5. The van der Waals surface area contributed by atoms with Crippen LogP contribution in [0.4, 0.5) is 26.1 Å². The van der Waals surface area contributed by atoms with E-state index in [0.717, 1.165) is 6.07 Å². The van der Waals surface area contributed by atoms with Gasteiger partial charge in [-0.3, -0.25) is 0 Å². The predicted octanol–water partition coefficient (Wildman–Crippen LogP) is 4.42. The summed E-state index contributed by atoms with van der Waals surface area (Å²) in [5.74, 6) is -1.22. The number of fused-ring (bicyclic) bond motifs is 1. The minimum absolute atomic E-state index is 0.0377. The molecule has 0 aliphatic heterocycles. The molecule has 3 aromatic heterocycles. The molecule has 0 fully saturated rings. The molecule has 11 heteroatoms. The Morgan fingerprint density at radius 2 is 1.90 bits per heavy atom. The van der Waals surface area contributed by atoms with Gasteiger partial charge in [-0.1, -0.05) is 11.6 Å². The van der Waals surface area contributed by atoms with Crippen LogP contribution in [0.3, 0.4) is 0 Å². The zero-order valence-electron chi connectivity index (χ0n) is 15.4. The molecule has 1 atom stereocenters. The van der Waals surface area contributed by atoms with Crippen LogP contribution in [0.1, 0.15) is 18.5 Å². The van der Waals surface area contributed by atoms with Crippen LogP contribution in [0, 0.1) is 18.2 Å². The van der Waals surface area contributed by atoms with E-state index in [1.54, 1.807) is 13.0 Å². The molecule has 30 heavy (non-hydrogen) atoms. The van der Waals surface area contributed by atoms with Crippen LogP contribution in [0.5, 0.6) is 0 Å². The summed E-state index contributed by atoms with van der Waals surface area (Å²) in [5, 5.41) is 7.77. The summed E-state index contributed by atoms with van der Waals surface area (Å²) >= 11 is 6.12. The maximum Gasteiger partial charge on any atom is 0.268 e. The summed E-state index contributed by atoms with van der Waals surface area (Å²) in [7, 11) is 0. The Bertz CT molecular complexity index is 1290. The van der Waals surface area contributed by atoms with Crippen molar-refractivity contribution in [1.82, 2.24) is 24.6 Å². The van der Waals surface area contributed by atoms with Crippen LogP contribution >= 0.6 is 11.6 Å². The topological polar surface area (TPSA) is 98.4 Å². The molecule has 0 spiro atoms. The van der Waals surface area contributed by atoms with Crippen LogP contribution in [0.15, 0.2) is 36.8 Å². The van der Waals surface area contributed by atoms with Crippen LogP contribution in [0.2, 0.25) is 5.15 Å². The van der Waals surface area contributed by atoms with Crippen LogP contribution in [0.25, 0.3) is 21.7 Å². The number of halogens is 3.